The molecule has 21 heavy (non-hydrogen) atoms. The highest BCUT2D eigenvalue weighted by Crippen LogP contribution is 2.42. The monoisotopic (exact) mass is 296 g/mol. The van der Waals surface area contributed by atoms with E-state index < -0.39 is 17.9 Å². The zero-order valence-corrected chi connectivity index (χ0v) is 11.8. The lowest BCUT2D eigenvalue weighted by Crippen LogP contribution is -2.22. The van der Waals surface area contributed by atoms with Gasteiger partial charge < -0.3 is 24.1 Å². The first-order valence-corrected chi connectivity index (χ1v) is 6.31. The molecule has 0 saturated heterocycles. The number of benzene rings is 1. The van der Waals surface area contributed by atoms with Crippen LogP contribution in [0.3, 0.4) is 0 Å². The molecule has 2 rings (SSSR count). The van der Waals surface area contributed by atoms with Gasteiger partial charge in [0.15, 0.2) is 11.5 Å². The smallest absolute Gasteiger partial charge is 0.309 e. The maximum Gasteiger partial charge on any atom is 0.309 e. The Morgan fingerprint density at radius 2 is 2.10 bits per heavy atom. The second-order valence-corrected chi connectivity index (χ2v) is 4.55. The zero-order valence-electron chi connectivity index (χ0n) is 11.8. The highest BCUT2D eigenvalue weighted by Gasteiger charge is 2.26. The summed E-state index contributed by atoms with van der Waals surface area (Å²) in [6.07, 6.45) is -0.0879. The number of aliphatic carboxylic acids is 1. The second kappa shape index (κ2) is 6.34. The minimum absolute atomic E-state index is 0.102. The minimum atomic E-state index is -1.06. The second-order valence-electron chi connectivity index (χ2n) is 4.55. The molecule has 1 aliphatic heterocycles. The van der Waals surface area contributed by atoms with Gasteiger partial charge in [-0.3, -0.25) is 9.59 Å². The third kappa shape index (κ3) is 3.36. The van der Waals surface area contributed by atoms with Crippen LogP contribution in [0.15, 0.2) is 12.1 Å². The summed E-state index contributed by atoms with van der Waals surface area (Å²) in [5.74, 6) is -0.874. The molecule has 0 saturated carbocycles. The van der Waals surface area contributed by atoms with E-state index in [9.17, 15) is 9.59 Å². The maximum atomic E-state index is 11.7. The summed E-state index contributed by atoms with van der Waals surface area (Å²) in [5, 5.41) is 8.88. The molecule has 0 radical (unpaired) electrons. The van der Waals surface area contributed by atoms with Crippen molar-refractivity contribution in [2.45, 2.75) is 12.8 Å². The number of carboxylic acid groups (broad SMARTS) is 1. The zero-order chi connectivity index (χ0) is 15.4. The lowest BCUT2D eigenvalue weighted by Gasteiger charge is -2.14. The Morgan fingerprint density at radius 3 is 2.71 bits per heavy atom. The topological polar surface area (TPSA) is 91.3 Å². The molecule has 1 N–H and O–H groups in total. The molecule has 0 amide bonds. The van der Waals surface area contributed by atoms with Crippen LogP contribution in [-0.4, -0.2) is 38.1 Å². The molecule has 1 aromatic carbocycles. The number of carboxylic acids is 1. The predicted octanol–water partition coefficient (Wildman–Crippen LogP) is 1.23. The molecule has 1 heterocycles. The Morgan fingerprint density at radius 1 is 1.33 bits per heavy atom. The molecule has 0 spiro atoms. The van der Waals surface area contributed by atoms with E-state index in [-0.39, 0.29) is 19.6 Å². The van der Waals surface area contributed by atoms with Gasteiger partial charge in [0.25, 0.3) is 0 Å². The molecule has 0 bridgehead atoms. The fourth-order valence-corrected chi connectivity index (χ4v) is 2.20. The van der Waals surface area contributed by atoms with Gasteiger partial charge in [-0.05, 0) is 24.1 Å². The van der Waals surface area contributed by atoms with Crippen LogP contribution in [0.4, 0.5) is 0 Å². The number of rotatable bonds is 6. The van der Waals surface area contributed by atoms with Crippen LogP contribution in [0.2, 0.25) is 0 Å². The van der Waals surface area contributed by atoms with Crippen LogP contribution >= 0.6 is 0 Å². The molecule has 114 valence electrons. The van der Waals surface area contributed by atoms with Gasteiger partial charge in [0.05, 0.1) is 26.6 Å². The van der Waals surface area contributed by atoms with Crippen molar-refractivity contribution in [3.05, 3.63) is 17.7 Å². The Labute approximate surface area is 121 Å². The standard InChI is InChI=1S/C14H16O7/c1-18-10-4-8(5-11-13(10)21-7-20-11)3-9(6-12(15)16)14(17)19-2/h4-5,9H,3,6-7H2,1-2H3,(H,15,16)/t9-/m0/s1. The van der Waals surface area contributed by atoms with E-state index in [1.54, 1.807) is 12.1 Å². The fourth-order valence-electron chi connectivity index (χ4n) is 2.20. The molecular weight excluding hydrogens is 280 g/mol. The molecule has 0 aliphatic carbocycles. The molecular formula is C14H16O7. The van der Waals surface area contributed by atoms with Gasteiger partial charge in [0, 0.05) is 0 Å². The summed E-state index contributed by atoms with van der Waals surface area (Å²) in [4.78, 5) is 22.5. The molecule has 7 heteroatoms. The van der Waals surface area contributed by atoms with Crippen LogP contribution in [0, 0.1) is 5.92 Å². The van der Waals surface area contributed by atoms with Crippen molar-refractivity contribution >= 4 is 11.9 Å². The quantitative estimate of drug-likeness (QED) is 0.789. The van der Waals surface area contributed by atoms with E-state index in [1.165, 1.54) is 14.2 Å². The molecule has 0 unspecified atom stereocenters. The van der Waals surface area contributed by atoms with Gasteiger partial charge in [0.2, 0.25) is 12.5 Å². The first-order chi connectivity index (χ1) is 10.0. The summed E-state index contributed by atoms with van der Waals surface area (Å²) in [7, 11) is 2.73. The molecule has 0 aromatic heterocycles. The molecule has 7 nitrogen and oxygen atoms in total. The lowest BCUT2D eigenvalue weighted by atomic mass is 9.96. The van der Waals surface area contributed by atoms with Crippen LogP contribution in [0.1, 0.15) is 12.0 Å². The third-order valence-corrected chi connectivity index (χ3v) is 3.16. The van der Waals surface area contributed by atoms with Gasteiger partial charge in [-0.25, -0.2) is 0 Å². The average Bonchev–Trinajstić information content (AvgIpc) is 2.92. The van der Waals surface area contributed by atoms with Crippen LogP contribution in [0.5, 0.6) is 17.2 Å². The Balaban J connectivity index is 2.24. The predicted molar refractivity (Wildman–Crippen MR) is 70.6 cm³/mol. The van der Waals surface area contributed by atoms with E-state index in [0.717, 1.165) is 0 Å². The summed E-state index contributed by atoms with van der Waals surface area (Å²) in [6, 6.07) is 3.41. The van der Waals surface area contributed by atoms with E-state index in [1.807, 2.05) is 0 Å². The normalized spacial score (nSPS) is 13.6. The number of ether oxygens (including phenoxy) is 4. The largest absolute Gasteiger partial charge is 0.493 e. The number of hydrogen-bond donors (Lipinski definition) is 1. The van der Waals surface area contributed by atoms with Crippen LogP contribution in [-0.2, 0) is 20.7 Å². The Bertz CT molecular complexity index is 552. The molecule has 1 atom stereocenters. The fraction of sp³-hybridized carbons (Fsp3) is 0.429. The van der Waals surface area contributed by atoms with E-state index in [2.05, 4.69) is 4.74 Å². The lowest BCUT2D eigenvalue weighted by molar-refractivity contribution is -0.150. The van der Waals surface area contributed by atoms with Crippen LogP contribution in [0.25, 0.3) is 0 Å². The van der Waals surface area contributed by atoms with Crippen molar-refractivity contribution < 1.29 is 33.6 Å². The van der Waals surface area contributed by atoms with Gasteiger partial charge in [-0.2, -0.15) is 0 Å². The van der Waals surface area contributed by atoms with Crippen molar-refractivity contribution in [3.63, 3.8) is 0 Å². The van der Waals surface area contributed by atoms with Crippen molar-refractivity contribution in [2.24, 2.45) is 5.92 Å². The summed E-state index contributed by atoms with van der Waals surface area (Å²) in [6.45, 7) is 0.102. The SMILES string of the molecule is COC(=O)[C@H](CC(=O)O)Cc1cc(OC)c2c(c1)OCO2. The maximum absolute atomic E-state index is 11.7. The number of hydrogen-bond acceptors (Lipinski definition) is 6. The van der Waals surface area contributed by atoms with Gasteiger partial charge >= 0.3 is 11.9 Å². The number of carbonyl (C=O) groups is 2. The van der Waals surface area contributed by atoms with Gasteiger partial charge in [-0.1, -0.05) is 0 Å². The van der Waals surface area contributed by atoms with Crippen molar-refractivity contribution in [2.75, 3.05) is 21.0 Å². The van der Waals surface area contributed by atoms with Gasteiger partial charge in [-0.15, -0.1) is 0 Å². The van der Waals surface area contributed by atoms with Crippen molar-refractivity contribution in [1.82, 2.24) is 0 Å². The first-order valence-electron chi connectivity index (χ1n) is 6.31. The highest BCUT2D eigenvalue weighted by molar-refractivity contribution is 5.79. The number of carbonyl (C=O) groups excluding carboxylic acids is 1. The van der Waals surface area contributed by atoms with Crippen molar-refractivity contribution in [1.29, 1.82) is 0 Å². The highest BCUT2D eigenvalue weighted by atomic mass is 16.7. The number of fused-ring (bicyclic) bond motifs is 1. The van der Waals surface area contributed by atoms with E-state index in [0.29, 0.717) is 22.8 Å². The third-order valence-electron chi connectivity index (χ3n) is 3.16. The number of esters is 1. The van der Waals surface area contributed by atoms with Crippen LogP contribution < -0.4 is 14.2 Å². The molecule has 0 fully saturated rings. The summed E-state index contributed by atoms with van der Waals surface area (Å²) < 4.78 is 20.4. The van der Waals surface area contributed by atoms with E-state index in [4.69, 9.17) is 19.3 Å². The average molecular weight is 296 g/mol. The first kappa shape index (κ1) is 15.0. The van der Waals surface area contributed by atoms with Crippen molar-refractivity contribution in [3.8, 4) is 17.2 Å². The number of methoxy groups -OCH3 is 2. The van der Waals surface area contributed by atoms with E-state index >= 15 is 0 Å². The van der Waals surface area contributed by atoms with Gasteiger partial charge in [0.1, 0.15) is 0 Å². The summed E-state index contributed by atoms with van der Waals surface area (Å²) >= 11 is 0. The Kier molecular flexibility index (Phi) is 4.52. The molecule has 1 aromatic rings. The summed E-state index contributed by atoms with van der Waals surface area (Å²) in [5.41, 5.74) is 0.716. The minimum Gasteiger partial charge on any atom is -0.493 e. The molecule has 1 aliphatic rings. The Hall–Kier alpha value is -2.44.